The largest absolute Gasteiger partial charge is 0.508 e. The van der Waals surface area contributed by atoms with Crippen molar-refractivity contribution in [3.05, 3.63) is 123 Å². The Bertz CT molecular complexity index is 2470. The number of fused-ring (bicyclic) bond motifs is 2. The Morgan fingerprint density at radius 1 is 0.907 bits per heavy atom. The molecule has 1 aliphatic carbocycles. The number of aromatic nitrogens is 5. The van der Waals surface area contributed by atoms with E-state index in [2.05, 4.69) is 20.2 Å². The first kappa shape index (κ1) is 35.3. The summed E-state index contributed by atoms with van der Waals surface area (Å²) < 4.78 is 32.6. The molecule has 2 fully saturated rings. The molecular formula is C40H40F2N8O4. The van der Waals surface area contributed by atoms with Gasteiger partial charge in [0.15, 0.2) is 5.65 Å². The van der Waals surface area contributed by atoms with Crippen LogP contribution in [0.25, 0.3) is 33.5 Å². The highest BCUT2D eigenvalue weighted by Crippen LogP contribution is 2.31. The predicted octanol–water partition coefficient (Wildman–Crippen LogP) is 4.78. The number of halogens is 2. The number of rotatable bonds is 9. The van der Waals surface area contributed by atoms with E-state index in [1.54, 1.807) is 39.8 Å². The summed E-state index contributed by atoms with van der Waals surface area (Å²) in [4.78, 5) is 52.6. The van der Waals surface area contributed by atoms with Gasteiger partial charge in [-0.3, -0.25) is 19.1 Å². The molecule has 0 radical (unpaired) electrons. The molecule has 54 heavy (non-hydrogen) atoms. The third-order valence-corrected chi connectivity index (χ3v) is 10.7. The third kappa shape index (κ3) is 7.14. The van der Waals surface area contributed by atoms with Gasteiger partial charge in [0.1, 0.15) is 23.0 Å². The lowest BCUT2D eigenvalue weighted by Crippen LogP contribution is -2.44. The van der Waals surface area contributed by atoms with Crippen molar-refractivity contribution in [3.8, 4) is 22.6 Å². The lowest BCUT2D eigenvalue weighted by atomic mass is 9.91. The molecule has 0 unspecified atom stereocenters. The van der Waals surface area contributed by atoms with Gasteiger partial charge in [-0.05, 0) is 91.3 Å². The Kier molecular flexibility index (Phi) is 9.78. The second kappa shape index (κ2) is 15.0. The second-order valence-corrected chi connectivity index (χ2v) is 14.2. The molecule has 2 N–H and O–H groups in total. The summed E-state index contributed by atoms with van der Waals surface area (Å²) in [6, 6.07) is 16.4. The zero-order valence-corrected chi connectivity index (χ0v) is 29.6. The molecule has 6 aromatic rings. The fourth-order valence-corrected chi connectivity index (χ4v) is 7.93. The highest BCUT2D eigenvalue weighted by Gasteiger charge is 2.28. The van der Waals surface area contributed by atoms with Crippen molar-refractivity contribution >= 4 is 23.1 Å². The van der Waals surface area contributed by atoms with Gasteiger partial charge in [0.25, 0.3) is 5.56 Å². The highest BCUT2D eigenvalue weighted by molar-refractivity contribution is 5.77. The molecule has 2 aliphatic rings. The molecule has 2 aromatic carbocycles. The van der Waals surface area contributed by atoms with E-state index in [9.17, 15) is 28.3 Å². The molecular weight excluding hydrogens is 694 g/mol. The average molecular weight is 735 g/mol. The van der Waals surface area contributed by atoms with Crippen molar-refractivity contribution < 1.29 is 18.7 Å². The number of amides is 1. The molecule has 5 heterocycles. The first-order valence-corrected chi connectivity index (χ1v) is 18.3. The lowest BCUT2D eigenvalue weighted by Gasteiger charge is -2.30. The Morgan fingerprint density at radius 3 is 2.59 bits per heavy atom. The maximum absolute atomic E-state index is 14.6. The average Bonchev–Trinajstić information content (AvgIpc) is 3.44. The van der Waals surface area contributed by atoms with Crippen molar-refractivity contribution in [3.63, 3.8) is 0 Å². The summed E-state index contributed by atoms with van der Waals surface area (Å²) >= 11 is 0. The molecule has 1 aliphatic heterocycles. The SMILES string of the molecule is O=CN1CCCN(Cc2cc(O)ccc2-c2cccc(-n3c(=O)n([C@H]4CC[C@@H](NCc5cn6cc(F)ccc6n5)CC4)c(=O)c4cc(F)cnc43)c2)CC1. The Hall–Kier alpha value is -5.73. The lowest BCUT2D eigenvalue weighted by molar-refractivity contribution is -0.118. The Labute approximate surface area is 308 Å². The maximum atomic E-state index is 14.6. The van der Waals surface area contributed by atoms with Crippen LogP contribution >= 0.6 is 0 Å². The summed E-state index contributed by atoms with van der Waals surface area (Å²) in [7, 11) is 0. The molecule has 8 rings (SSSR count). The molecule has 0 atom stereocenters. The molecule has 4 aromatic heterocycles. The van der Waals surface area contributed by atoms with E-state index in [0.717, 1.165) is 54.0 Å². The first-order valence-electron chi connectivity index (χ1n) is 18.3. The van der Waals surface area contributed by atoms with Crippen molar-refractivity contribution in [1.29, 1.82) is 0 Å². The van der Waals surface area contributed by atoms with E-state index in [1.165, 1.54) is 21.4 Å². The van der Waals surface area contributed by atoms with Gasteiger partial charge in [0.2, 0.25) is 6.41 Å². The summed E-state index contributed by atoms with van der Waals surface area (Å²) in [6.45, 7) is 3.85. The van der Waals surface area contributed by atoms with Gasteiger partial charge >= 0.3 is 5.69 Å². The minimum absolute atomic E-state index is 0.0133. The number of carbonyl (C=O) groups excluding carboxylic acids is 1. The molecule has 1 saturated heterocycles. The molecule has 278 valence electrons. The quantitative estimate of drug-likeness (QED) is 0.203. The standard InChI is InChI=1S/C40H40F2N8O4/c41-28-5-12-37-45-31(24-48(37)23-28)21-43-30-6-8-32(9-7-30)50-39(53)36-19-29(42)20-44-38(36)49(40(50)54)33-4-1-3-26(17-33)35-11-10-34(52)18-27(35)22-46-13-2-14-47(25-51)16-15-46/h1,3-5,10-12,17-20,23-25,30,32,43,52H,2,6-9,13-16,21-22H2/t30-,32+. The summed E-state index contributed by atoms with van der Waals surface area (Å²) in [6.07, 6.45) is 8.40. The number of pyridine rings is 2. The molecule has 14 heteroatoms. The van der Waals surface area contributed by atoms with Crippen LogP contribution in [0.1, 0.15) is 49.4 Å². The van der Waals surface area contributed by atoms with E-state index in [1.807, 2.05) is 24.3 Å². The van der Waals surface area contributed by atoms with Crippen LogP contribution in [-0.4, -0.2) is 77.0 Å². The van der Waals surface area contributed by atoms with Crippen molar-refractivity contribution in [2.24, 2.45) is 0 Å². The summed E-state index contributed by atoms with van der Waals surface area (Å²) in [5.41, 5.74) is 3.37. The number of benzene rings is 2. The summed E-state index contributed by atoms with van der Waals surface area (Å²) in [5, 5.41) is 14.0. The normalized spacial score (nSPS) is 18.3. The van der Waals surface area contributed by atoms with Crippen LogP contribution in [0.4, 0.5) is 8.78 Å². The van der Waals surface area contributed by atoms with Gasteiger partial charge in [-0.1, -0.05) is 18.2 Å². The zero-order chi connectivity index (χ0) is 37.3. The van der Waals surface area contributed by atoms with Crippen molar-refractivity contribution in [2.45, 2.75) is 57.3 Å². The van der Waals surface area contributed by atoms with Crippen LogP contribution in [0.3, 0.4) is 0 Å². The van der Waals surface area contributed by atoms with Crippen LogP contribution in [0.5, 0.6) is 5.75 Å². The van der Waals surface area contributed by atoms with Gasteiger partial charge in [-0.15, -0.1) is 0 Å². The number of phenolic OH excluding ortho intramolecular Hbond substituents is 1. The number of nitrogens with one attached hydrogen (secondary N) is 1. The zero-order valence-electron chi connectivity index (χ0n) is 29.6. The van der Waals surface area contributed by atoms with Gasteiger partial charge in [0, 0.05) is 63.7 Å². The van der Waals surface area contributed by atoms with Crippen molar-refractivity contribution in [2.75, 3.05) is 26.2 Å². The number of phenols is 1. The minimum Gasteiger partial charge on any atom is -0.508 e. The van der Waals surface area contributed by atoms with E-state index in [4.69, 9.17) is 0 Å². The fraction of sp³-hybridized carbons (Fsp3) is 0.325. The predicted molar refractivity (Wildman–Crippen MR) is 199 cm³/mol. The van der Waals surface area contributed by atoms with Gasteiger partial charge in [-0.2, -0.15) is 0 Å². The Morgan fingerprint density at radius 2 is 1.76 bits per heavy atom. The number of carbonyl (C=O) groups is 1. The molecule has 12 nitrogen and oxygen atoms in total. The molecule has 1 amide bonds. The first-order chi connectivity index (χ1) is 26.2. The Balaban J connectivity index is 1.08. The minimum atomic E-state index is -0.675. The fourth-order valence-electron chi connectivity index (χ4n) is 7.93. The van der Waals surface area contributed by atoms with E-state index >= 15 is 0 Å². The van der Waals surface area contributed by atoms with Gasteiger partial charge in [-0.25, -0.2) is 28.1 Å². The smallest absolute Gasteiger partial charge is 0.337 e. The maximum Gasteiger partial charge on any atom is 0.337 e. The monoisotopic (exact) mass is 734 g/mol. The van der Waals surface area contributed by atoms with Crippen LogP contribution in [0, 0.1) is 11.6 Å². The molecule has 0 bridgehead atoms. The van der Waals surface area contributed by atoms with Crippen molar-refractivity contribution in [1.82, 2.24) is 38.6 Å². The van der Waals surface area contributed by atoms with Gasteiger partial charge < -0.3 is 19.7 Å². The number of nitrogens with zero attached hydrogens (tertiary/aromatic N) is 7. The molecule has 1 saturated carbocycles. The summed E-state index contributed by atoms with van der Waals surface area (Å²) in [5.74, 6) is -0.885. The number of hydrogen-bond acceptors (Lipinski definition) is 8. The van der Waals surface area contributed by atoms with Crippen LogP contribution in [0.15, 0.2) is 88.8 Å². The van der Waals surface area contributed by atoms with E-state index in [-0.39, 0.29) is 28.6 Å². The van der Waals surface area contributed by atoms with E-state index in [0.29, 0.717) is 69.7 Å². The van der Waals surface area contributed by atoms with Crippen LogP contribution in [-0.2, 0) is 17.9 Å². The number of hydrogen-bond donors (Lipinski definition) is 2. The topological polar surface area (TPSA) is 130 Å². The number of aromatic hydroxyl groups is 1. The highest BCUT2D eigenvalue weighted by atomic mass is 19.1. The number of imidazole rings is 1. The van der Waals surface area contributed by atoms with Crippen LogP contribution in [0.2, 0.25) is 0 Å². The molecule has 0 spiro atoms. The third-order valence-electron chi connectivity index (χ3n) is 10.7. The van der Waals surface area contributed by atoms with E-state index < -0.39 is 23.1 Å². The van der Waals surface area contributed by atoms with Gasteiger partial charge in [0.05, 0.1) is 23.0 Å². The van der Waals surface area contributed by atoms with Crippen LogP contribution < -0.4 is 16.6 Å². The second-order valence-electron chi connectivity index (χ2n) is 14.2.